The molecular weight excluding hydrogens is 188 g/mol. The number of hydrazone groups is 1. The van der Waals surface area contributed by atoms with E-state index >= 15 is 0 Å². The van der Waals surface area contributed by atoms with Gasteiger partial charge < -0.3 is 4.79 Å². The summed E-state index contributed by atoms with van der Waals surface area (Å²) in [5.74, 6) is 0. The van der Waals surface area contributed by atoms with Gasteiger partial charge in [-0.05, 0) is 18.4 Å². The summed E-state index contributed by atoms with van der Waals surface area (Å²) in [5, 5.41) is 4.14. The molecule has 3 nitrogen and oxygen atoms in total. The van der Waals surface area contributed by atoms with Crippen molar-refractivity contribution in [2.24, 2.45) is 5.10 Å². The van der Waals surface area contributed by atoms with Crippen LogP contribution < -0.4 is 5.43 Å². The number of aryl methyl sites for hydroxylation is 1. The summed E-state index contributed by atoms with van der Waals surface area (Å²) in [5.41, 5.74) is 5.22. The molecule has 0 saturated carbocycles. The first-order valence-electron chi connectivity index (χ1n) is 5.18. The molecule has 1 aliphatic rings. The minimum absolute atomic E-state index is 0.101. The first kappa shape index (κ1) is 9.90. The predicted octanol–water partition coefficient (Wildman–Crippen LogP) is 1.54. The Morgan fingerprint density at radius 2 is 2.13 bits per heavy atom. The lowest BCUT2D eigenvalue weighted by Gasteiger charge is -2.00. The predicted molar refractivity (Wildman–Crippen MR) is 59.8 cm³/mol. The van der Waals surface area contributed by atoms with Gasteiger partial charge in [-0.1, -0.05) is 30.3 Å². The van der Waals surface area contributed by atoms with Crippen molar-refractivity contribution in [3.05, 3.63) is 35.9 Å². The Labute approximate surface area is 89.2 Å². The van der Waals surface area contributed by atoms with Gasteiger partial charge in [0, 0.05) is 12.1 Å². The van der Waals surface area contributed by atoms with Gasteiger partial charge in [0.15, 0.2) is 0 Å². The molecule has 3 heteroatoms. The molecule has 0 radical (unpaired) electrons. The lowest BCUT2D eigenvalue weighted by Crippen LogP contribution is -2.20. The summed E-state index contributed by atoms with van der Waals surface area (Å²) >= 11 is 0. The summed E-state index contributed by atoms with van der Waals surface area (Å²) in [7, 11) is 0. The van der Waals surface area contributed by atoms with E-state index in [1.807, 2.05) is 18.2 Å². The van der Waals surface area contributed by atoms with Crippen LogP contribution in [-0.4, -0.2) is 18.0 Å². The Hall–Kier alpha value is -1.64. The Bertz CT molecular complexity index is 359. The molecule has 1 heterocycles. The Morgan fingerprint density at radius 1 is 1.33 bits per heavy atom. The van der Waals surface area contributed by atoms with Gasteiger partial charge in [-0.15, -0.1) is 0 Å². The molecular formula is C12H14N2O. The van der Waals surface area contributed by atoms with E-state index in [0.29, 0.717) is 0 Å². The third kappa shape index (κ3) is 2.65. The van der Waals surface area contributed by atoms with Crippen LogP contribution in [0.4, 0.5) is 0 Å². The van der Waals surface area contributed by atoms with E-state index in [-0.39, 0.29) is 6.04 Å². The third-order valence-electron chi connectivity index (χ3n) is 2.55. The van der Waals surface area contributed by atoms with Crippen molar-refractivity contribution < 1.29 is 4.79 Å². The molecule has 0 spiro atoms. The van der Waals surface area contributed by atoms with E-state index in [0.717, 1.165) is 31.3 Å². The van der Waals surface area contributed by atoms with E-state index in [9.17, 15) is 4.79 Å². The topological polar surface area (TPSA) is 41.5 Å². The quantitative estimate of drug-likeness (QED) is 0.752. The van der Waals surface area contributed by atoms with Crippen LogP contribution in [0, 0.1) is 0 Å². The fraction of sp³-hybridized carbons (Fsp3) is 0.333. The summed E-state index contributed by atoms with van der Waals surface area (Å²) < 4.78 is 0. The third-order valence-corrected chi connectivity index (χ3v) is 2.55. The van der Waals surface area contributed by atoms with Crippen LogP contribution in [0.3, 0.4) is 0 Å². The molecule has 1 unspecified atom stereocenters. The van der Waals surface area contributed by atoms with E-state index in [1.165, 1.54) is 5.56 Å². The van der Waals surface area contributed by atoms with Gasteiger partial charge in [0.2, 0.25) is 0 Å². The second-order valence-corrected chi connectivity index (χ2v) is 3.74. The summed E-state index contributed by atoms with van der Waals surface area (Å²) in [6, 6.07) is 10.2. The van der Waals surface area contributed by atoms with Crippen molar-refractivity contribution in [3.63, 3.8) is 0 Å². The zero-order valence-electron chi connectivity index (χ0n) is 8.52. The fourth-order valence-corrected chi connectivity index (χ4v) is 1.69. The maximum atomic E-state index is 10.5. The van der Waals surface area contributed by atoms with Crippen molar-refractivity contribution in [2.75, 3.05) is 0 Å². The highest BCUT2D eigenvalue weighted by molar-refractivity contribution is 5.89. The van der Waals surface area contributed by atoms with E-state index in [2.05, 4.69) is 22.7 Å². The number of hydrogen-bond acceptors (Lipinski definition) is 3. The van der Waals surface area contributed by atoms with E-state index in [4.69, 9.17) is 0 Å². The molecule has 0 saturated heterocycles. The first-order chi connectivity index (χ1) is 7.38. The van der Waals surface area contributed by atoms with Crippen molar-refractivity contribution in [2.45, 2.75) is 25.3 Å². The molecule has 78 valence electrons. The molecule has 15 heavy (non-hydrogen) atoms. The highest BCUT2D eigenvalue weighted by atomic mass is 16.1. The largest absolute Gasteiger partial charge is 0.301 e. The SMILES string of the molecule is O=CC1CC(CCc2ccccc2)=NN1. The number of aldehydes is 1. The number of rotatable bonds is 4. The smallest absolute Gasteiger partial charge is 0.144 e. The number of nitrogens with zero attached hydrogens (tertiary/aromatic N) is 1. The van der Waals surface area contributed by atoms with Crippen LogP contribution in [-0.2, 0) is 11.2 Å². The molecule has 1 aliphatic heterocycles. The van der Waals surface area contributed by atoms with Crippen molar-refractivity contribution >= 4 is 12.0 Å². The van der Waals surface area contributed by atoms with Gasteiger partial charge in [0.25, 0.3) is 0 Å². The van der Waals surface area contributed by atoms with Gasteiger partial charge in [-0.2, -0.15) is 5.10 Å². The molecule has 0 aromatic heterocycles. The van der Waals surface area contributed by atoms with Crippen LogP contribution in [0.1, 0.15) is 18.4 Å². The maximum absolute atomic E-state index is 10.5. The Balaban J connectivity index is 1.82. The van der Waals surface area contributed by atoms with Gasteiger partial charge >= 0.3 is 0 Å². The summed E-state index contributed by atoms with van der Waals surface area (Å²) in [4.78, 5) is 10.5. The zero-order valence-corrected chi connectivity index (χ0v) is 8.52. The van der Waals surface area contributed by atoms with Crippen molar-refractivity contribution in [1.82, 2.24) is 5.43 Å². The fourth-order valence-electron chi connectivity index (χ4n) is 1.69. The van der Waals surface area contributed by atoms with E-state index in [1.54, 1.807) is 0 Å². The van der Waals surface area contributed by atoms with Crippen molar-refractivity contribution in [1.29, 1.82) is 0 Å². The van der Waals surface area contributed by atoms with Crippen LogP contribution >= 0.6 is 0 Å². The zero-order chi connectivity index (χ0) is 10.5. The monoisotopic (exact) mass is 202 g/mol. The van der Waals surface area contributed by atoms with E-state index < -0.39 is 0 Å². The molecule has 0 fully saturated rings. The van der Waals surface area contributed by atoms with Crippen LogP contribution in [0.5, 0.6) is 0 Å². The molecule has 0 amide bonds. The summed E-state index contributed by atoms with van der Waals surface area (Å²) in [6.07, 6.45) is 3.60. The van der Waals surface area contributed by atoms with Gasteiger partial charge in [-0.25, -0.2) is 0 Å². The average Bonchev–Trinajstić information content (AvgIpc) is 2.76. The number of carbonyl (C=O) groups excluding carboxylic acids is 1. The molecule has 1 atom stereocenters. The average molecular weight is 202 g/mol. The number of hydrogen-bond donors (Lipinski definition) is 1. The normalized spacial score (nSPS) is 19.5. The number of benzene rings is 1. The molecule has 1 N–H and O–H groups in total. The van der Waals surface area contributed by atoms with Gasteiger partial charge in [-0.3, -0.25) is 5.43 Å². The molecule has 1 aromatic carbocycles. The van der Waals surface area contributed by atoms with Crippen LogP contribution in [0.15, 0.2) is 35.4 Å². The molecule has 0 aliphatic carbocycles. The van der Waals surface area contributed by atoms with Crippen LogP contribution in [0.2, 0.25) is 0 Å². The highest BCUT2D eigenvalue weighted by Crippen LogP contribution is 2.09. The van der Waals surface area contributed by atoms with Gasteiger partial charge in [0.05, 0.1) is 0 Å². The van der Waals surface area contributed by atoms with Crippen LogP contribution in [0.25, 0.3) is 0 Å². The second-order valence-electron chi connectivity index (χ2n) is 3.74. The number of nitrogens with one attached hydrogen (secondary N) is 1. The second kappa shape index (κ2) is 4.73. The maximum Gasteiger partial charge on any atom is 0.144 e. The van der Waals surface area contributed by atoms with Crippen molar-refractivity contribution in [3.8, 4) is 0 Å². The Kier molecular flexibility index (Phi) is 3.12. The number of carbonyl (C=O) groups is 1. The molecule has 1 aromatic rings. The Morgan fingerprint density at radius 3 is 2.80 bits per heavy atom. The molecule has 0 bridgehead atoms. The highest BCUT2D eigenvalue weighted by Gasteiger charge is 2.16. The standard InChI is InChI=1S/C12H14N2O/c15-9-12-8-11(13-14-12)7-6-10-4-2-1-3-5-10/h1-5,9,12,14H,6-8H2. The molecule has 2 rings (SSSR count). The lowest BCUT2D eigenvalue weighted by atomic mass is 10.0. The minimum atomic E-state index is -0.101. The first-order valence-corrected chi connectivity index (χ1v) is 5.18. The lowest BCUT2D eigenvalue weighted by molar-refractivity contribution is -0.109. The minimum Gasteiger partial charge on any atom is -0.301 e. The van der Waals surface area contributed by atoms with Gasteiger partial charge in [0.1, 0.15) is 12.3 Å². The summed E-state index contributed by atoms with van der Waals surface area (Å²) in [6.45, 7) is 0.